The number of hydrogen-bond acceptors (Lipinski definition) is 6. The number of hydrogen-bond donors (Lipinski definition) is 2. The van der Waals surface area contributed by atoms with Gasteiger partial charge in [-0.15, -0.1) is 0 Å². The molecule has 0 aliphatic rings. The van der Waals surface area contributed by atoms with Gasteiger partial charge < -0.3 is 24.8 Å². The minimum Gasteiger partial charge on any atom is -0.493 e. The van der Waals surface area contributed by atoms with Gasteiger partial charge in [-0.3, -0.25) is 0 Å². The van der Waals surface area contributed by atoms with E-state index in [1.54, 1.807) is 39.2 Å². The fourth-order valence-corrected chi connectivity index (χ4v) is 2.25. The minimum atomic E-state index is -0.411. The van der Waals surface area contributed by atoms with Crippen molar-refractivity contribution in [1.82, 2.24) is 9.97 Å². The van der Waals surface area contributed by atoms with Crippen molar-refractivity contribution in [2.24, 2.45) is 0 Å². The molecule has 1 aromatic carbocycles. The standard InChI is InChI=1S/C17H22N4O4/c1-6-25-17-18-10(2)15(11(3)19-17)21-16(22)20-12-7-8-13(23-4)14(9-12)24-5/h7-9H,6H2,1-5H3,(H2,20,21,22). The molecular formula is C17H22N4O4. The van der Waals surface area contributed by atoms with Crippen molar-refractivity contribution in [3.63, 3.8) is 0 Å². The number of carbonyl (C=O) groups excluding carboxylic acids is 1. The Hall–Kier alpha value is -3.03. The van der Waals surface area contributed by atoms with Crippen LogP contribution >= 0.6 is 0 Å². The smallest absolute Gasteiger partial charge is 0.323 e. The predicted octanol–water partition coefficient (Wildman–Crippen LogP) is 3.15. The zero-order chi connectivity index (χ0) is 18.4. The zero-order valence-electron chi connectivity index (χ0n) is 15.0. The molecule has 8 heteroatoms. The molecule has 0 saturated heterocycles. The van der Waals surface area contributed by atoms with Gasteiger partial charge in [-0.2, -0.15) is 9.97 Å². The highest BCUT2D eigenvalue weighted by Gasteiger charge is 2.13. The minimum absolute atomic E-state index is 0.295. The van der Waals surface area contributed by atoms with Gasteiger partial charge in [0.15, 0.2) is 11.5 Å². The summed E-state index contributed by atoms with van der Waals surface area (Å²) in [6.45, 7) is 5.90. The third kappa shape index (κ3) is 4.50. The average molecular weight is 346 g/mol. The van der Waals surface area contributed by atoms with E-state index in [0.717, 1.165) is 0 Å². The van der Waals surface area contributed by atoms with E-state index >= 15 is 0 Å². The first-order chi connectivity index (χ1) is 12.0. The van der Waals surface area contributed by atoms with Crippen LogP contribution in [0.2, 0.25) is 0 Å². The number of nitrogens with zero attached hydrogens (tertiary/aromatic N) is 2. The summed E-state index contributed by atoms with van der Waals surface area (Å²) in [7, 11) is 3.08. The highest BCUT2D eigenvalue weighted by molar-refractivity contribution is 6.00. The van der Waals surface area contributed by atoms with Crippen molar-refractivity contribution >= 4 is 17.4 Å². The second-order valence-electron chi connectivity index (χ2n) is 5.13. The van der Waals surface area contributed by atoms with E-state index in [1.807, 2.05) is 6.92 Å². The quantitative estimate of drug-likeness (QED) is 0.834. The fraction of sp³-hybridized carbons (Fsp3) is 0.353. The molecule has 0 saturated carbocycles. The highest BCUT2D eigenvalue weighted by atomic mass is 16.5. The maximum Gasteiger partial charge on any atom is 0.323 e. The van der Waals surface area contributed by atoms with Crippen molar-refractivity contribution in [2.75, 3.05) is 31.5 Å². The number of rotatable bonds is 6. The molecule has 1 heterocycles. The van der Waals surface area contributed by atoms with Crippen molar-refractivity contribution in [3.8, 4) is 17.5 Å². The third-order valence-corrected chi connectivity index (χ3v) is 3.40. The Kier molecular flexibility index (Phi) is 5.99. The number of aryl methyl sites for hydroxylation is 2. The number of benzene rings is 1. The largest absolute Gasteiger partial charge is 0.493 e. The molecule has 0 atom stereocenters. The molecule has 1 aromatic heterocycles. The zero-order valence-corrected chi connectivity index (χ0v) is 15.0. The van der Waals surface area contributed by atoms with Gasteiger partial charge in [-0.05, 0) is 32.9 Å². The second kappa shape index (κ2) is 8.18. The lowest BCUT2D eigenvalue weighted by atomic mass is 10.2. The maximum absolute atomic E-state index is 12.3. The van der Waals surface area contributed by atoms with Gasteiger partial charge in [0.1, 0.15) is 0 Å². The van der Waals surface area contributed by atoms with Crippen LogP contribution in [0.4, 0.5) is 16.2 Å². The number of amides is 2. The van der Waals surface area contributed by atoms with Gasteiger partial charge in [0, 0.05) is 11.8 Å². The van der Waals surface area contributed by atoms with Gasteiger partial charge >= 0.3 is 12.0 Å². The van der Waals surface area contributed by atoms with Gasteiger partial charge in [-0.25, -0.2) is 4.79 Å². The maximum atomic E-state index is 12.3. The molecule has 0 aliphatic carbocycles. The normalized spacial score (nSPS) is 10.1. The molecule has 2 rings (SSSR count). The summed E-state index contributed by atoms with van der Waals surface area (Å²) in [6, 6.07) is 4.99. The number of urea groups is 1. The fourth-order valence-electron chi connectivity index (χ4n) is 2.25. The molecule has 0 spiro atoms. The molecular weight excluding hydrogens is 324 g/mol. The van der Waals surface area contributed by atoms with Crippen molar-refractivity contribution in [1.29, 1.82) is 0 Å². The highest BCUT2D eigenvalue weighted by Crippen LogP contribution is 2.30. The SMILES string of the molecule is CCOc1nc(C)c(NC(=O)Nc2ccc(OC)c(OC)c2)c(C)n1. The molecule has 0 fully saturated rings. The van der Waals surface area contributed by atoms with Crippen LogP contribution in [-0.4, -0.2) is 36.8 Å². The van der Waals surface area contributed by atoms with E-state index < -0.39 is 6.03 Å². The van der Waals surface area contributed by atoms with E-state index in [4.69, 9.17) is 14.2 Å². The van der Waals surface area contributed by atoms with Crippen LogP contribution in [0.5, 0.6) is 17.5 Å². The van der Waals surface area contributed by atoms with Crippen LogP contribution in [0.1, 0.15) is 18.3 Å². The summed E-state index contributed by atoms with van der Waals surface area (Å²) >= 11 is 0. The summed E-state index contributed by atoms with van der Waals surface area (Å²) in [6.07, 6.45) is 0. The van der Waals surface area contributed by atoms with Crippen molar-refractivity contribution in [3.05, 3.63) is 29.6 Å². The van der Waals surface area contributed by atoms with Crippen LogP contribution < -0.4 is 24.8 Å². The van der Waals surface area contributed by atoms with Gasteiger partial charge in [0.25, 0.3) is 0 Å². The van der Waals surface area contributed by atoms with E-state index in [1.165, 1.54) is 7.11 Å². The number of ether oxygens (including phenoxy) is 3. The average Bonchev–Trinajstić information content (AvgIpc) is 2.58. The van der Waals surface area contributed by atoms with Crippen molar-refractivity contribution < 1.29 is 19.0 Å². The monoisotopic (exact) mass is 346 g/mol. The Morgan fingerprint density at radius 1 is 1.04 bits per heavy atom. The molecule has 25 heavy (non-hydrogen) atoms. The summed E-state index contributed by atoms with van der Waals surface area (Å²) in [5.41, 5.74) is 2.36. The summed E-state index contributed by atoms with van der Waals surface area (Å²) in [4.78, 5) is 20.7. The first-order valence-corrected chi connectivity index (χ1v) is 7.76. The van der Waals surface area contributed by atoms with Crippen LogP contribution in [-0.2, 0) is 0 Å². The van der Waals surface area contributed by atoms with Gasteiger partial charge in [-0.1, -0.05) is 0 Å². The molecule has 2 amide bonds. The first kappa shape index (κ1) is 18.3. The number of carbonyl (C=O) groups is 1. The molecule has 134 valence electrons. The second-order valence-corrected chi connectivity index (χ2v) is 5.13. The van der Waals surface area contributed by atoms with Gasteiger partial charge in [0.2, 0.25) is 0 Å². The molecule has 2 aromatic rings. The Morgan fingerprint density at radius 2 is 1.68 bits per heavy atom. The van der Waals surface area contributed by atoms with Crippen LogP contribution in [0.3, 0.4) is 0 Å². The third-order valence-electron chi connectivity index (χ3n) is 3.40. The summed E-state index contributed by atoms with van der Waals surface area (Å²) in [5.74, 6) is 1.11. The molecule has 8 nitrogen and oxygen atoms in total. The summed E-state index contributed by atoms with van der Waals surface area (Å²) in [5, 5.41) is 5.50. The lowest BCUT2D eigenvalue weighted by Gasteiger charge is -2.14. The Bertz CT molecular complexity index is 741. The van der Waals surface area contributed by atoms with E-state index in [0.29, 0.717) is 46.9 Å². The number of anilines is 2. The Morgan fingerprint density at radius 3 is 2.24 bits per heavy atom. The lowest BCUT2D eigenvalue weighted by molar-refractivity contribution is 0.262. The molecule has 0 radical (unpaired) electrons. The van der Waals surface area contributed by atoms with E-state index in [9.17, 15) is 4.79 Å². The first-order valence-electron chi connectivity index (χ1n) is 7.76. The number of nitrogens with one attached hydrogen (secondary N) is 2. The van der Waals surface area contributed by atoms with Crippen LogP contribution in [0.15, 0.2) is 18.2 Å². The number of methoxy groups -OCH3 is 2. The predicted molar refractivity (Wildman–Crippen MR) is 94.9 cm³/mol. The molecule has 0 unspecified atom stereocenters. The van der Waals surface area contributed by atoms with Gasteiger partial charge in [0.05, 0.1) is 37.9 Å². The molecule has 0 aliphatic heterocycles. The van der Waals surface area contributed by atoms with Crippen molar-refractivity contribution in [2.45, 2.75) is 20.8 Å². The Balaban J connectivity index is 2.13. The summed E-state index contributed by atoms with van der Waals surface area (Å²) < 4.78 is 15.7. The lowest BCUT2D eigenvalue weighted by Crippen LogP contribution is -2.21. The van der Waals surface area contributed by atoms with Crippen LogP contribution in [0, 0.1) is 13.8 Å². The topological polar surface area (TPSA) is 94.6 Å². The Labute approximate surface area is 146 Å². The molecule has 2 N–H and O–H groups in total. The van der Waals surface area contributed by atoms with E-state index in [2.05, 4.69) is 20.6 Å². The van der Waals surface area contributed by atoms with Crippen LogP contribution in [0.25, 0.3) is 0 Å². The molecule has 0 bridgehead atoms. The van der Waals surface area contributed by atoms with E-state index in [-0.39, 0.29) is 0 Å². The number of aromatic nitrogens is 2.